The Morgan fingerprint density at radius 2 is 2.17 bits per heavy atom. The van der Waals surface area contributed by atoms with E-state index in [9.17, 15) is 4.79 Å². The summed E-state index contributed by atoms with van der Waals surface area (Å²) in [6, 6.07) is 5.41. The van der Waals surface area contributed by atoms with Gasteiger partial charge in [-0.2, -0.15) is 9.97 Å². The zero-order chi connectivity index (χ0) is 16.2. The molecule has 3 aromatic heterocycles. The number of nitrogens with zero attached hydrogens (tertiary/aromatic N) is 4. The summed E-state index contributed by atoms with van der Waals surface area (Å²) in [4.78, 5) is 20.0. The first-order valence-corrected chi connectivity index (χ1v) is 7.26. The summed E-state index contributed by atoms with van der Waals surface area (Å²) >= 11 is 0. The van der Waals surface area contributed by atoms with Gasteiger partial charge in [-0.1, -0.05) is 5.16 Å². The molecule has 0 radical (unpaired) electrons. The quantitative estimate of drug-likeness (QED) is 0.684. The van der Waals surface area contributed by atoms with Gasteiger partial charge in [0, 0.05) is 24.5 Å². The molecule has 3 rings (SSSR count). The van der Waals surface area contributed by atoms with Gasteiger partial charge < -0.3 is 14.3 Å². The van der Waals surface area contributed by atoms with Gasteiger partial charge in [0.25, 0.3) is 0 Å². The molecule has 8 nitrogen and oxygen atoms in total. The Morgan fingerprint density at radius 1 is 1.30 bits per heavy atom. The van der Waals surface area contributed by atoms with Crippen LogP contribution in [0.5, 0.6) is 0 Å². The average Bonchev–Trinajstić information content (AvgIpc) is 3.16. The highest BCUT2D eigenvalue weighted by Crippen LogP contribution is 2.15. The van der Waals surface area contributed by atoms with Gasteiger partial charge in [0.2, 0.25) is 11.7 Å². The van der Waals surface area contributed by atoms with Gasteiger partial charge in [-0.15, -0.1) is 0 Å². The number of aryl methyl sites for hydroxylation is 2. The third-order valence-corrected chi connectivity index (χ3v) is 3.34. The smallest absolute Gasteiger partial charge is 0.347 e. The topological polar surface area (TPSA) is 99.0 Å². The predicted molar refractivity (Wildman–Crippen MR) is 81.7 cm³/mol. The minimum atomic E-state index is -0.234. The predicted octanol–water partition coefficient (Wildman–Crippen LogP) is 1.29. The third kappa shape index (κ3) is 3.54. The molecule has 0 saturated carbocycles. The van der Waals surface area contributed by atoms with Gasteiger partial charge in [-0.25, -0.2) is 4.79 Å². The maximum absolute atomic E-state index is 11.8. The van der Waals surface area contributed by atoms with Gasteiger partial charge in [-0.05, 0) is 32.0 Å². The average molecular weight is 315 g/mol. The van der Waals surface area contributed by atoms with Crippen LogP contribution in [0.3, 0.4) is 0 Å². The Kier molecular flexibility index (Phi) is 4.33. The van der Waals surface area contributed by atoms with Crippen LogP contribution in [0.4, 0.5) is 0 Å². The maximum atomic E-state index is 11.8. The molecule has 0 atom stereocenters. The fourth-order valence-corrected chi connectivity index (χ4v) is 2.27. The van der Waals surface area contributed by atoms with Gasteiger partial charge in [0.05, 0.1) is 12.8 Å². The number of nitrogens with one attached hydrogen (secondary N) is 1. The molecule has 0 aliphatic rings. The van der Waals surface area contributed by atoms with Crippen LogP contribution in [0.1, 0.15) is 17.3 Å². The standard InChI is InChI=1S/C15H17N5O3/c1-10-8-11(2)20(15(21)17-10)6-5-16-9-13-18-14(19-23-13)12-4-3-7-22-12/h3-4,7-8,16H,5-6,9H2,1-2H3. The van der Waals surface area contributed by atoms with Gasteiger partial charge in [0.1, 0.15) is 0 Å². The molecule has 0 unspecified atom stereocenters. The van der Waals surface area contributed by atoms with Crippen LogP contribution in [0.15, 0.2) is 38.2 Å². The lowest BCUT2D eigenvalue weighted by atomic mass is 10.3. The highest BCUT2D eigenvalue weighted by molar-refractivity contribution is 5.44. The van der Waals surface area contributed by atoms with Crippen molar-refractivity contribution in [3.8, 4) is 11.6 Å². The van der Waals surface area contributed by atoms with E-state index in [1.807, 2.05) is 19.9 Å². The van der Waals surface area contributed by atoms with Gasteiger partial charge in [0.15, 0.2) is 5.76 Å². The molecule has 0 spiro atoms. The van der Waals surface area contributed by atoms with Gasteiger partial charge >= 0.3 is 5.69 Å². The molecule has 1 N–H and O–H groups in total. The molecule has 0 aliphatic carbocycles. The largest absolute Gasteiger partial charge is 0.461 e. The summed E-state index contributed by atoms with van der Waals surface area (Å²) in [7, 11) is 0. The lowest BCUT2D eigenvalue weighted by Crippen LogP contribution is -2.30. The number of hydrogen-bond acceptors (Lipinski definition) is 7. The van der Waals surface area contributed by atoms with Gasteiger partial charge in [-0.3, -0.25) is 4.57 Å². The first-order valence-electron chi connectivity index (χ1n) is 7.26. The van der Waals surface area contributed by atoms with E-state index in [2.05, 4.69) is 20.4 Å². The zero-order valence-corrected chi connectivity index (χ0v) is 12.9. The molecule has 0 fully saturated rings. The zero-order valence-electron chi connectivity index (χ0n) is 12.9. The van der Waals surface area contributed by atoms with Crippen LogP contribution in [-0.2, 0) is 13.1 Å². The minimum Gasteiger partial charge on any atom is -0.461 e. The first kappa shape index (κ1) is 15.2. The monoisotopic (exact) mass is 315 g/mol. The van der Waals surface area contributed by atoms with Crippen molar-refractivity contribution in [2.24, 2.45) is 0 Å². The second-order valence-electron chi connectivity index (χ2n) is 5.14. The first-order chi connectivity index (χ1) is 11.1. The van der Waals surface area contributed by atoms with Crippen molar-refractivity contribution < 1.29 is 8.94 Å². The van der Waals surface area contributed by atoms with Crippen LogP contribution < -0.4 is 11.0 Å². The van der Waals surface area contributed by atoms with Crippen LogP contribution in [0, 0.1) is 13.8 Å². The molecule has 0 saturated heterocycles. The highest BCUT2D eigenvalue weighted by Gasteiger charge is 2.10. The minimum absolute atomic E-state index is 0.234. The van der Waals surface area contributed by atoms with Crippen LogP contribution in [0.2, 0.25) is 0 Å². The fraction of sp³-hybridized carbons (Fsp3) is 0.333. The Bertz CT molecular complexity index is 835. The van der Waals surface area contributed by atoms with Crippen molar-refractivity contribution in [2.75, 3.05) is 6.54 Å². The Hall–Kier alpha value is -2.74. The molecule has 3 heterocycles. The maximum Gasteiger partial charge on any atom is 0.347 e. The van der Waals surface area contributed by atoms with Crippen molar-refractivity contribution in [2.45, 2.75) is 26.9 Å². The van der Waals surface area contributed by atoms with E-state index in [0.29, 0.717) is 37.1 Å². The van der Waals surface area contributed by atoms with Crippen LogP contribution >= 0.6 is 0 Å². The summed E-state index contributed by atoms with van der Waals surface area (Å²) in [6.45, 7) is 5.23. The number of furan rings is 1. The number of hydrogen-bond donors (Lipinski definition) is 1. The summed E-state index contributed by atoms with van der Waals surface area (Å²) in [5, 5.41) is 7.01. The second-order valence-corrected chi connectivity index (χ2v) is 5.14. The highest BCUT2D eigenvalue weighted by atomic mass is 16.5. The number of rotatable bonds is 6. The molecule has 3 aromatic rings. The Balaban J connectivity index is 1.54. The second kappa shape index (κ2) is 6.57. The van der Waals surface area contributed by atoms with Crippen LogP contribution in [0.25, 0.3) is 11.6 Å². The Labute approximate surface area is 132 Å². The molecule has 0 aliphatic heterocycles. The fourth-order valence-electron chi connectivity index (χ4n) is 2.27. The molecule has 8 heteroatoms. The van der Waals surface area contributed by atoms with E-state index < -0.39 is 0 Å². The van der Waals surface area contributed by atoms with Crippen LogP contribution in [-0.4, -0.2) is 26.2 Å². The molecule has 23 heavy (non-hydrogen) atoms. The normalized spacial score (nSPS) is 11.0. The number of aromatic nitrogens is 4. The lowest BCUT2D eigenvalue weighted by Gasteiger charge is -2.09. The molecule has 0 bridgehead atoms. The van der Waals surface area contributed by atoms with E-state index in [1.54, 1.807) is 23.0 Å². The molecular formula is C15H17N5O3. The van der Waals surface area contributed by atoms with Crippen molar-refractivity contribution in [1.29, 1.82) is 0 Å². The summed E-state index contributed by atoms with van der Waals surface area (Å²) < 4.78 is 12.0. The van der Waals surface area contributed by atoms with E-state index in [0.717, 1.165) is 11.4 Å². The van der Waals surface area contributed by atoms with E-state index in [1.165, 1.54) is 0 Å². The van der Waals surface area contributed by atoms with Crippen molar-refractivity contribution in [3.05, 3.63) is 52.2 Å². The van der Waals surface area contributed by atoms with E-state index in [-0.39, 0.29) is 5.69 Å². The molecular weight excluding hydrogens is 298 g/mol. The van der Waals surface area contributed by atoms with E-state index in [4.69, 9.17) is 8.94 Å². The van der Waals surface area contributed by atoms with E-state index >= 15 is 0 Å². The van der Waals surface area contributed by atoms with Crippen molar-refractivity contribution in [3.63, 3.8) is 0 Å². The Morgan fingerprint density at radius 3 is 2.91 bits per heavy atom. The van der Waals surface area contributed by atoms with Crippen molar-refractivity contribution in [1.82, 2.24) is 25.0 Å². The summed E-state index contributed by atoms with van der Waals surface area (Å²) in [5.41, 5.74) is 1.39. The third-order valence-electron chi connectivity index (χ3n) is 3.34. The lowest BCUT2D eigenvalue weighted by molar-refractivity contribution is 0.365. The molecule has 0 amide bonds. The molecule has 120 valence electrons. The SMILES string of the molecule is Cc1cc(C)n(CCNCc2nc(-c3ccco3)no2)c(=O)n1. The summed E-state index contributed by atoms with van der Waals surface area (Å²) in [6.07, 6.45) is 1.55. The molecule has 0 aromatic carbocycles. The van der Waals surface area contributed by atoms with Crippen molar-refractivity contribution >= 4 is 0 Å². The summed E-state index contributed by atoms with van der Waals surface area (Å²) in [5.74, 6) is 1.44.